The second kappa shape index (κ2) is 5.58. The molecule has 0 atom stereocenters. The van der Waals surface area contributed by atoms with Gasteiger partial charge in [-0.2, -0.15) is 0 Å². The molecule has 0 aliphatic rings. The van der Waals surface area contributed by atoms with Gasteiger partial charge >= 0.3 is 0 Å². The van der Waals surface area contributed by atoms with Gasteiger partial charge in [0.15, 0.2) is 0 Å². The fourth-order valence-electron chi connectivity index (χ4n) is 1.38. The monoisotopic (exact) mass is 294 g/mol. The number of aromatic amines is 1. The number of halogens is 1. The number of carbonyl (C=O) groups is 1. The topological polar surface area (TPSA) is 70.7 Å². The van der Waals surface area contributed by atoms with Gasteiger partial charge in [0.2, 0.25) is 0 Å². The lowest BCUT2D eigenvalue weighted by molar-refractivity contribution is 0.0954. The van der Waals surface area contributed by atoms with Crippen LogP contribution in [-0.2, 0) is 6.42 Å². The second-order valence-electron chi connectivity index (χ2n) is 3.45. The normalized spacial score (nSPS) is 10.2. The molecular weight excluding hydrogens is 284 g/mol. The first-order valence-electron chi connectivity index (χ1n) is 5.13. The minimum Gasteiger partial charge on any atom is -0.352 e. The largest absolute Gasteiger partial charge is 0.352 e. The first kappa shape index (κ1) is 11.8. The molecule has 2 aromatic heterocycles. The van der Waals surface area contributed by atoms with Gasteiger partial charge in [0.05, 0.1) is 6.33 Å². The van der Waals surface area contributed by atoms with Crippen molar-refractivity contribution < 1.29 is 4.79 Å². The molecule has 0 saturated heterocycles. The summed E-state index contributed by atoms with van der Waals surface area (Å²) in [6.45, 7) is 0.570. The zero-order valence-corrected chi connectivity index (χ0v) is 10.6. The van der Waals surface area contributed by atoms with Crippen LogP contribution in [0.3, 0.4) is 0 Å². The smallest absolute Gasteiger partial charge is 0.251 e. The average molecular weight is 295 g/mol. The Hall–Kier alpha value is -1.69. The fraction of sp³-hybridized carbons (Fsp3) is 0.182. The van der Waals surface area contributed by atoms with Crippen molar-refractivity contribution in [3.8, 4) is 0 Å². The van der Waals surface area contributed by atoms with Crippen molar-refractivity contribution in [2.75, 3.05) is 6.54 Å². The summed E-state index contributed by atoms with van der Waals surface area (Å²) in [6, 6.07) is 3.36. The second-order valence-corrected chi connectivity index (χ2v) is 4.26. The van der Waals surface area contributed by atoms with Crippen molar-refractivity contribution in [1.29, 1.82) is 0 Å². The summed E-state index contributed by atoms with van der Waals surface area (Å²) in [5.74, 6) is -0.104. The lowest BCUT2D eigenvalue weighted by Crippen LogP contribution is -2.25. The van der Waals surface area contributed by atoms with Gasteiger partial charge in [0, 0.05) is 36.6 Å². The van der Waals surface area contributed by atoms with Crippen molar-refractivity contribution in [2.24, 2.45) is 0 Å². The van der Waals surface area contributed by atoms with Crippen LogP contribution < -0.4 is 5.32 Å². The molecule has 0 spiro atoms. The van der Waals surface area contributed by atoms with Gasteiger partial charge in [0.1, 0.15) is 4.60 Å². The Kier molecular flexibility index (Phi) is 3.87. The van der Waals surface area contributed by atoms with Crippen LogP contribution in [0.2, 0.25) is 0 Å². The molecule has 1 amide bonds. The minimum absolute atomic E-state index is 0.104. The van der Waals surface area contributed by atoms with E-state index in [0.717, 1.165) is 12.1 Å². The third-order valence-electron chi connectivity index (χ3n) is 2.22. The van der Waals surface area contributed by atoms with Gasteiger partial charge in [-0.05, 0) is 28.1 Å². The highest BCUT2D eigenvalue weighted by Gasteiger charge is 2.05. The van der Waals surface area contributed by atoms with Gasteiger partial charge in [-0.15, -0.1) is 0 Å². The number of H-pyrrole nitrogens is 1. The molecule has 88 valence electrons. The third kappa shape index (κ3) is 3.39. The molecule has 2 rings (SSSR count). The predicted octanol–water partition coefficient (Wildman–Crippen LogP) is 1.54. The number of rotatable bonds is 4. The van der Waals surface area contributed by atoms with Crippen molar-refractivity contribution in [3.05, 3.63) is 46.7 Å². The third-order valence-corrected chi connectivity index (χ3v) is 2.66. The Bertz CT molecular complexity index is 498. The number of pyridine rings is 1. The highest BCUT2D eigenvalue weighted by Crippen LogP contribution is 2.07. The van der Waals surface area contributed by atoms with Crippen molar-refractivity contribution in [1.82, 2.24) is 20.3 Å². The first-order valence-corrected chi connectivity index (χ1v) is 5.92. The van der Waals surface area contributed by atoms with E-state index in [1.807, 2.05) is 0 Å². The number of aromatic nitrogens is 3. The molecule has 2 aromatic rings. The van der Waals surface area contributed by atoms with E-state index in [4.69, 9.17) is 0 Å². The summed E-state index contributed by atoms with van der Waals surface area (Å²) < 4.78 is 0.652. The molecule has 6 heteroatoms. The Morgan fingerprint density at radius 1 is 1.53 bits per heavy atom. The zero-order valence-electron chi connectivity index (χ0n) is 8.98. The molecule has 0 aromatic carbocycles. The van der Waals surface area contributed by atoms with Crippen LogP contribution in [0.4, 0.5) is 0 Å². The Labute approximate surface area is 107 Å². The number of nitrogens with zero attached hydrogens (tertiary/aromatic N) is 2. The quantitative estimate of drug-likeness (QED) is 0.841. The first-order chi connectivity index (χ1) is 8.25. The average Bonchev–Trinajstić information content (AvgIpc) is 2.82. The number of hydrogen-bond acceptors (Lipinski definition) is 3. The molecule has 17 heavy (non-hydrogen) atoms. The SMILES string of the molecule is O=C(NCCc1cnc[nH]1)c1ccnc(Br)c1. The van der Waals surface area contributed by atoms with Crippen molar-refractivity contribution >= 4 is 21.8 Å². The molecule has 2 heterocycles. The van der Waals surface area contributed by atoms with Crippen molar-refractivity contribution in [2.45, 2.75) is 6.42 Å². The molecule has 0 aliphatic carbocycles. The van der Waals surface area contributed by atoms with Gasteiger partial charge in [0.25, 0.3) is 5.91 Å². The molecular formula is C11H11BrN4O. The predicted molar refractivity (Wildman–Crippen MR) is 66.6 cm³/mol. The van der Waals surface area contributed by atoms with E-state index >= 15 is 0 Å². The lowest BCUT2D eigenvalue weighted by atomic mass is 10.2. The lowest BCUT2D eigenvalue weighted by Gasteiger charge is -2.04. The highest BCUT2D eigenvalue weighted by atomic mass is 79.9. The van der Waals surface area contributed by atoms with E-state index < -0.39 is 0 Å². The maximum absolute atomic E-state index is 11.7. The van der Waals surface area contributed by atoms with E-state index in [2.05, 4.69) is 36.2 Å². The van der Waals surface area contributed by atoms with E-state index in [1.54, 1.807) is 30.9 Å². The standard InChI is InChI=1S/C11H11BrN4O/c12-10-5-8(1-3-14-10)11(17)15-4-2-9-6-13-7-16-9/h1,3,5-7H,2,4H2,(H,13,16)(H,15,17). The number of nitrogens with one attached hydrogen (secondary N) is 2. The van der Waals surface area contributed by atoms with Gasteiger partial charge < -0.3 is 10.3 Å². The summed E-state index contributed by atoms with van der Waals surface area (Å²) in [5.41, 5.74) is 1.60. The van der Waals surface area contributed by atoms with Crippen LogP contribution >= 0.6 is 15.9 Å². The van der Waals surface area contributed by atoms with Crippen LogP contribution in [0.25, 0.3) is 0 Å². The number of carbonyl (C=O) groups excluding carboxylic acids is 1. The highest BCUT2D eigenvalue weighted by molar-refractivity contribution is 9.10. The van der Waals surface area contributed by atoms with E-state index in [0.29, 0.717) is 16.7 Å². The number of amides is 1. The molecule has 2 N–H and O–H groups in total. The summed E-state index contributed by atoms with van der Waals surface area (Å²) >= 11 is 3.23. The van der Waals surface area contributed by atoms with Crippen LogP contribution in [0.15, 0.2) is 35.5 Å². The molecule has 5 nitrogen and oxygen atoms in total. The van der Waals surface area contributed by atoms with Crippen LogP contribution in [0.1, 0.15) is 16.1 Å². The fourth-order valence-corrected chi connectivity index (χ4v) is 1.74. The van der Waals surface area contributed by atoms with Gasteiger partial charge in [-0.3, -0.25) is 4.79 Å². The Morgan fingerprint density at radius 2 is 2.41 bits per heavy atom. The van der Waals surface area contributed by atoms with Gasteiger partial charge in [-0.25, -0.2) is 9.97 Å². The van der Waals surface area contributed by atoms with Crippen LogP contribution in [-0.4, -0.2) is 27.4 Å². The Balaban J connectivity index is 1.85. The minimum atomic E-state index is -0.104. The maximum atomic E-state index is 11.7. The summed E-state index contributed by atoms with van der Waals surface area (Å²) in [6.07, 6.45) is 5.69. The molecule has 0 fully saturated rings. The van der Waals surface area contributed by atoms with E-state index in [9.17, 15) is 4.79 Å². The molecule has 0 radical (unpaired) electrons. The summed E-state index contributed by atoms with van der Waals surface area (Å²) in [4.78, 5) is 22.6. The zero-order chi connectivity index (χ0) is 12.1. The molecule has 0 aliphatic heterocycles. The molecule has 0 unspecified atom stereocenters. The molecule has 0 saturated carbocycles. The summed E-state index contributed by atoms with van der Waals surface area (Å²) in [5, 5.41) is 2.83. The number of imidazole rings is 1. The van der Waals surface area contributed by atoms with E-state index in [-0.39, 0.29) is 5.91 Å². The van der Waals surface area contributed by atoms with Crippen molar-refractivity contribution in [3.63, 3.8) is 0 Å². The van der Waals surface area contributed by atoms with Gasteiger partial charge in [-0.1, -0.05) is 0 Å². The van der Waals surface area contributed by atoms with Crippen LogP contribution in [0.5, 0.6) is 0 Å². The van der Waals surface area contributed by atoms with Crippen LogP contribution in [0, 0.1) is 0 Å². The number of hydrogen-bond donors (Lipinski definition) is 2. The van der Waals surface area contributed by atoms with E-state index in [1.165, 1.54) is 0 Å². The summed E-state index contributed by atoms with van der Waals surface area (Å²) in [7, 11) is 0. The Morgan fingerprint density at radius 3 is 3.12 bits per heavy atom. The molecule has 0 bridgehead atoms. The maximum Gasteiger partial charge on any atom is 0.251 e.